The van der Waals surface area contributed by atoms with E-state index in [0.29, 0.717) is 12.8 Å². The normalized spacial score (nSPS) is 11.1. The number of unbranched alkanes of at least 4 members (excludes halogenated alkanes) is 1. The van der Waals surface area contributed by atoms with E-state index in [9.17, 15) is 9.59 Å². The highest BCUT2D eigenvalue weighted by Gasteiger charge is 2.07. The van der Waals surface area contributed by atoms with E-state index in [1.54, 1.807) is 0 Å². The van der Waals surface area contributed by atoms with E-state index in [1.165, 1.54) is 6.92 Å². The third kappa shape index (κ3) is 15.0. The lowest BCUT2D eigenvalue weighted by Gasteiger charge is -2.07. The fraction of sp³-hybridized carbons (Fsp3) is 0.818. The Morgan fingerprint density at radius 3 is 2.35 bits per heavy atom. The van der Waals surface area contributed by atoms with Crippen molar-refractivity contribution in [2.24, 2.45) is 5.73 Å². The maximum Gasteiger partial charge on any atom is 0.313 e. The Bertz CT molecular complexity index is 208. The molecule has 6 heteroatoms. The molecule has 0 heterocycles. The number of hydrogen-bond donors (Lipinski definition) is 2. The molecule has 17 heavy (non-hydrogen) atoms. The van der Waals surface area contributed by atoms with E-state index in [2.05, 4.69) is 9.62 Å². The standard InChI is InChI=1S/C9H17NO5.C2H6/c1-7(11)15-9(12)5-3-2-4-8(10)6-14-13;1-2/h8,13H,2-6,10H2,1H3;1-2H3. The van der Waals surface area contributed by atoms with Crippen LogP contribution in [-0.4, -0.2) is 29.8 Å². The zero-order valence-electron chi connectivity index (χ0n) is 10.8. The predicted molar refractivity (Wildman–Crippen MR) is 63.1 cm³/mol. The third-order valence-electron chi connectivity index (χ3n) is 1.75. The molecule has 0 aromatic rings. The first-order valence-electron chi connectivity index (χ1n) is 5.79. The SMILES string of the molecule is CC.CC(=O)OC(=O)CCCCC(N)COO. The second kappa shape index (κ2) is 13.1. The van der Waals surface area contributed by atoms with Gasteiger partial charge in [-0.3, -0.25) is 14.8 Å². The van der Waals surface area contributed by atoms with Crippen LogP contribution in [-0.2, 0) is 19.2 Å². The molecule has 6 nitrogen and oxygen atoms in total. The Balaban J connectivity index is 0. The van der Waals surface area contributed by atoms with Gasteiger partial charge in [0.25, 0.3) is 0 Å². The van der Waals surface area contributed by atoms with E-state index < -0.39 is 11.9 Å². The molecule has 0 saturated carbocycles. The third-order valence-corrected chi connectivity index (χ3v) is 1.75. The Hall–Kier alpha value is -0.980. The molecule has 0 spiro atoms. The maximum absolute atomic E-state index is 10.9. The smallest absolute Gasteiger partial charge is 0.313 e. The van der Waals surface area contributed by atoms with Gasteiger partial charge in [0, 0.05) is 19.4 Å². The number of nitrogens with two attached hydrogens (primary N) is 1. The fourth-order valence-corrected chi connectivity index (χ4v) is 1.07. The van der Waals surface area contributed by atoms with Crippen molar-refractivity contribution in [2.75, 3.05) is 6.61 Å². The highest BCUT2D eigenvalue weighted by atomic mass is 17.1. The minimum absolute atomic E-state index is 0.0812. The van der Waals surface area contributed by atoms with Gasteiger partial charge in [-0.25, -0.2) is 4.89 Å². The first-order chi connectivity index (χ1) is 8.06. The topological polar surface area (TPSA) is 98.9 Å². The lowest BCUT2D eigenvalue weighted by molar-refractivity contribution is -0.245. The molecule has 0 aromatic carbocycles. The van der Waals surface area contributed by atoms with E-state index in [4.69, 9.17) is 11.0 Å². The summed E-state index contributed by atoms with van der Waals surface area (Å²) < 4.78 is 4.33. The number of esters is 2. The van der Waals surface area contributed by atoms with Crippen LogP contribution in [0.15, 0.2) is 0 Å². The molecule has 0 saturated heterocycles. The van der Waals surface area contributed by atoms with Crippen LogP contribution < -0.4 is 5.73 Å². The highest BCUT2D eigenvalue weighted by Crippen LogP contribution is 2.03. The van der Waals surface area contributed by atoms with Crippen molar-refractivity contribution in [2.45, 2.75) is 52.5 Å². The number of rotatable bonds is 7. The van der Waals surface area contributed by atoms with Gasteiger partial charge in [-0.1, -0.05) is 20.3 Å². The number of ether oxygens (including phenoxy) is 1. The average molecular weight is 249 g/mol. The van der Waals surface area contributed by atoms with E-state index in [1.807, 2.05) is 13.8 Å². The average Bonchev–Trinajstić information content (AvgIpc) is 2.27. The summed E-state index contributed by atoms with van der Waals surface area (Å²) in [5.41, 5.74) is 5.53. The summed E-state index contributed by atoms with van der Waals surface area (Å²) in [6.07, 6.45) is 2.17. The van der Waals surface area contributed by atoms with Crippen LogP contribution in [0.2, 0.25) is 0 Å². The monoisotopic (exact) mass is 249 g/mol. The first-order valence-corrected chi connectivity index (χ1v) is 5.79. The summed E-state index contributed by atoms with van der Waals surface area (Å²) in [4.78, 5) is 25.1. The second-order valence-electron chi connectivity index (χ2n) is 3.27. The molecular formula is C11H23NO5. The Morgan fingerprint density at radius 2 is 1.88 bits per heavy atom. The molecule has 1 atom stereocenters. The van der Waals surface area contributed by atoms with Gasteiger partial charge < -0.3 is 10.5 Å². The summed E-state index contributed by atoms with van der Waals surface area (Å²) in [7, 11) is 0. The first kappa shape index (κ1) is 18.4. The van der Waals surface area contributed by atoms with Gasteiger partial charge in [-0.2, -0.15) is 0 Å². The van der Waals surface area contributed by atoms with Gasteiger partial charge in [-0.05, 0) is 12.8 Å². The van der Waals surface area contributed by atoms with Crippen LogP contribution in [0.5, 0.6) is 0 Å². The molecule has 3 N–H and O–H groups in total. The van der Waals surface area contributed by atoms with Crippen LogP contribution >= 0.6 is 0 Å². The van der Waals surface area contributed by atoms with Crippen molar-refractivity contribution in [1.29, 1.82) is 0 Å². The van der Waals surface area contributed by atoms with Crippen LogP contribution in [0.25, 0.3) is 0 Å². The van der Waals surface area contributed by atoms with Crippen molar-refractivity contribution in [1.82, 2.24) is 0 Å². The maximum atomic E-state index is 10.9. The molecule has 0 aromatic heterocycles. The zero-order chi connectivity index (χ0) is 13.7. The molecule has 0 rings (SSSR count). The van der Waals surface area contributed by atoms with Gasteiger partial charge in [-0.15, -0.1) is 0 Å². The largest absolute Gasteiger partial charge is 0.393 e. The van der Waals surface area contributed by atoms with Gasteiger partial charge in [0.2, 0.25) is 0 Å². The summed E-state index contributed by atoms with van der Waals surface area (Å²) in [6, 6.07) is -0.237. The molecule has 0 bridgehead atoms. The van der Waals surface area contributed by atoms with Gasteiger partial charge >= 0.3 is 11.9 Å². The van der Waals surface area contributed by atoms with Gasteiger partial charge in [0.15, 0.2) is 0 Å². The van der Waals surface area contributed by atoms with E-state index >= 15 is 0 Å². The summed E-state index contributed by atoms with van der Waals surface area (Å²) in [5, 5.41) is 8.09. The van der Waals surface area contributed by atoms with Crippen molar-refractivity contribution in [3.05, 3.63) is 0 Å². The van der Waals surface area contributed by atoms with Crippen molar-refractivity contribution in [3.63, 3.8) is 0 Å². The lowest BCUT2D eigenvalue weighted by atomic mass is 10.1. The lowest BCUT2D eigenvalue weighted by Crippen LogP contribution is -2.25. The number of hydrogen-bond acceptors (Lipinski definition) is 6. The van der Waals surface area contributed by atoms with Crippen molar-refractivity contribution < 1.29 is 24.5 Å². The molecule has 0 aliphatic carbocycles. The Kier molecular flexibility index (Phi) is 14.2. The number of carbonyl (C=O) groups is 2. The fourth-order valence-electron chi connectivity index (χ4n) is 1.07. The minimum Gasteiger partial charge on any atom is -0.393 e. The molecule has 0 fully saturated rings. The van der Waals surface area contributed by atoms with Crippen LogP contribution in [0.1, 0.15) is 46.5 Å². The van der Waals surface area contributed by atoms with Crippen molar-refractivity contribution in [3.8, 4) is 0 Å². The predicted octanol–water partition coefficient (Wildman–Crippen LogP) is 1.48. The molecular weight excluding hydrogens is 226 g/mol. The zero-order valence-corrected chi connectivity index (χ0v) is 10.8. The Morgan fingerprint density at radius 1 is 1.29 bits per heavy atom. The Labute approximate surface area is 102 Å². The van der Waals surface area contributed by atoms with E-state index in [-0.39, 0.29) is 19.1 Å². The second-order valence-corrected chi connectivity index (χ2v) is 3.27. The molecule has 0 aliphatic heterocycles. The quantitative estimate of drug-likeness (QED) is 0.233. The van der Waals surface area contributed by atoms with Crippen molar-refractivity contribution >= 4 is 11.9 Å². The molecule has 1 unspecified atom stereocenters. The van der Waals surface area contributed by atoms with Gasteiger partial charge in [0.1, 0.15) is 0 Å². The minimum atomic E-state index is -0.592. The summed E-state index contributed by atoms with van der Waals surface area (Å²) in [6.45, 7) is 5.27. The summed E-state index contributed by atoms with van der Waals surface area (Å²) >= 11 is 0. The van der Waals surface area contributed by atoms with Gasteiger partial charge in [0.05, 0.1) is 6.61 Å². The molecule has 0 amide bonds. The summed E-state index contributed by atoms with van der Waals surface area (Å²) in [5.74, 6) is -1.11. The molecule has 102 valence electrons. The van der Waals surface area contributed by atoms with Crippen LogP contribution in [0, 0.1) is 0 Å². The van der Waals surface area contributed by atoms with Crippen LogP contribution in [0.3, 0.4) is 0 Å². The number of carbonyl (C=O) groups excluding carboxylic acids is 2. The van der Waals surface area contributed by atoms with Crippen LogP contribution in [0.4, 0.5) is 0 Å². The van der Waals surface area contributed by atoms with E-state index in [0.717, 1.165) is 6.42 Å². The highest BCUT2D eigenvalue weighted by molar-refractivity contribution is 5.83. The molecule has 0 aliphatic rings. The molecule has 0 radical (unpaired) electrons.